The molecule has 3 heterocycles. The molecule has 2 aromatic rings. The molecule has 7 heteroatoms. The van der Waals surface area contributed by atoms with Crippen LogP contribution in [0.4, 0.5) is 0 Å². The van der Waals surface area contributed by atoms with Gasteiger partial charge in [0.25, 0.3) is 5.91 Å². The van der Waals surface area contributed by atoms with Crippen molar-refractivity contribution in [3.63, 3.8) is 0 Å². The zero-order valence-electron chi connectivity index (χ0n) is 16.4. The number of fused-ring (bicyclic) bond motifs is 1. The lowest BCUT2D eigenvalue weighted by Gasteiger charge is -2.35. The van der Waals surface area contributed by atoms with Crippen molar-refractivity contribution in [2.24, 2.45) is 0 Å². The molecule has 0 saturated carbocycles. The van der Waals surface area contributed by atoms with Gasteiger partial charge in [-0.1, -0.05) is 24.3 Å². The summed E-state index contributed by atoms with van der Waals surface area (Å²) in [5.74, 6) is -0.370. The maximum atomic E-state index is 13.4. The van der Waals surface area contributed by atoms with Gasteiger partial charge in [-0.15, -0.1) is 0 Å². The molecule has 150 valence electrons. The van der Waals surface area contributed by atoms with E-state index < -0.39 is 0 Å². The summed E-state index contributed by atoms with van der Waals surface area (Å²) in [5, 5.41) is 13.6. The zero-order chi connectivity index (χ0) is 20.2. The van der Waals surface area contributed by atoms with Crippen molar-refractivity contribution in [3.05, 3.63) is 42.1 Å². The van der Waals surface area contributed by atoms with Gasteiger partial charge in [0.15, 0.2) is 0 Å². The van der Waals surface area contributed by atoms with Gasteiger partial charge in [-0.3, -0.25) is 9.59 Å². The third kappa shape index (κ3) is 4.08. The number of nitrogens with zero attached hydrogens (tertiary/aromatic N) is 4. The van der Waals surface area contributed by atoms with Crippen molar-refractivity contribution in [3.8, 4) is 6.07 Å². The molecular weight excluding hydrogens is 366 g/mol. The Kier molecular flexibility index (Phi) is 5.72. The van der Waals surface area contributed by atoms with Crippen molar-refractivity contribution in [1.29, 1.82) is 5.26 Å². The second-order valence-corrected chi connectivity index (χ2v) is 7.68. The first kappa shape index (κ1) is 19.3. The molecule has 7 nitrogen and oxygen atoms in total. The summed E-state index contributed by atoms with van der Waals surface area (Å²) >= 11 is 0. The fraction of sp³-hybridized carbons (Fsp3) is 0.455. The van der Waals surface area contributed by atoms with Gasteiger partial charge in [0.1, 0.15) is 18.3 Å². The van der Waals surface area contributed by atoms with Crippen LogP contribution in [0.25, 0.3) is 10.9 Å². The van der Waals surface area contributed by atoms with E-state index >= 15 is 0 Å². The average molecular weight is 391 g/mol. The molecule has 0 radical (unpaired) electrons. The number of likely N-dealkylation sites (tertiary alicyclic amines) is 1. The predicted molar refractivity (Wildman–Crippen MR) is 109 cm³/mol. The predicted octanol–water partition coefficient (Wildman–Crippen LogP) is 1.94. The Labute approximate surface area is 170 Å². The minimum atomic E-state index is -0.383. The molecule has 0 aliphatic carbocycles. The van der Waals surface area contributed by atoms with E-state index in [1.807, 2.05) is 30.3 Å². The Morgan fingerprint density at radius 2 is 1.97 bits per heavy atom. The summed E-state index contributed by atoms with van der Waals surface area (Å²) in [6, 6.07) is 13.1. The van der Waals surface area contributed by atoms with E-state index in [0.29, 0.717) is 18.7 Å². The quantitative estimate of drug-likeness (QED) is 0.860. The SMILES string of the molecule is N#C[C@@H]1CCCN1C(=O)CN(C(=O)c1ccc2ccccc2n1)C1CCNCC1. The number of amides is 2. The number of rotatable bonds is 4. The lowest BCUT2D eigenvalue weighted by Crippen LogP contribution is -2.51. The van der Waals surface area contributed by atoms with Gasteiger partial charge in [0.05, 0.1) is 11.6 Å². The lowest BCUT2D eigenvalue weighted by molar-refractivity contribution is -0.132. The number of nitriles is 1. The first-order valence-corrected chi connectivity index (χ1v) is 10.2. The molecule has 2 aliphatic heterocycles. The van der Waals surface area contributed by atoms with Crippen molar-refractivity contribution in [2.75, 3.05) is 26.2 Å². The van der Waals surface area contributed by atoms with Crippen LogP contribution in [0.1, 0.15) is 36.2 Å². The van der Waals surface area contributed by atoms with E-state index in [9.17, 15) is 14.9 Å². The van der Waals surface area contributed by atoms with Gasteiger partial charge >= 0.3 is 0 Å². The highest BCUT2D eigenvalue weighted by atomic mass is 16.2. The number of hydrogen-bond acceptors (Lipinski definition) is 5. The van der Waals surface area contributed by atoms with Crippen molar-refractivity contribution in [1.82, 2.24) is 20.1 Å². The van der Waals surface area contributed by atoms with Crippen LogP contribution in [0, 0.1) is 11.3 Å². The number of carbonyl (C=O) groups excluding carboxylic acids is 2. The molecule has 0 spiro atoms. The molecule has 1 aromatic heterocycles. The summed E-state index contributed by atoms with van der Waals surface area (Å²) in [4.78, 5) is 34.2. The molecule has 29 heavy (non-hydrogen) atoms. The van der Waals surface area contributed by atoms with Crippen molar-refractivity contribution < 1.29 is 9.59 Å². The van der Waals surface area contributed by atoms with E-state index in [-0.39, 0.29) is 30.4 Å². The summed E-state index contributed by atoms with van der Waals surface area (Å²) in [5.41, 5.74) is 1.12. The molecule has 2 fully saturated rings. The highest BCUT2D eigenvalue weighted by Gasteiger charge is 2.34. The van der Waals surface area contributed by atoms with Crippen LogP contribution < -0.4 is 5.32 Å². The lowest BCUT2D eigenvalue weighted by atomic mass is 10.0. The molecule has 2 aliphatic rings. The largest absolute Gasteiger partial charge is 0.325 e. The molecule has 4 rings (SSSR count). The second kappa shape index (κ2) is 8.58. The number of nitrogens with one attached hydrogen (secondary N) is 1. The normalized spacial score (nSPS) is 19.8. The number of hydrogen-bond donors (Lipinski definition) is 1. The molecule has 2 amide bonds. The molecule has 1 aromatic carbocycles. The number of benzene rings is 1. The van der Waals surface area contributed by atoms with E-state index in [1.165, 1.54) is 0 Å². The fourth-order valence-corrected chi connectivity index (χ4v) is 4.25. The third-order valence-corrected chi connectivity index (χ3v) is 5.86. The molecule has 1 atom stereocenters. The van der Waals surface area contributed by atoms with Crippen LogP contribution in [-0.2, 0) is 4.79 Å². The van der Waals surface area contributed by atoms with Crippen LogP contribution in [0.2, 0.25) is 0 Å². The summed E-state index contributed by atoms with van der Waals surface area (Å²) in [6.45, 7) is 2.21. The summed E-state index contributed by atoms with van der Waals surface area (Å²) in [7, 11) is 0. The molecule has 1 N–H and O–H groups in total. The fourth-order valence-electron chi connectivity index (χ4n) is 4.25. The van der Waals surface area contributed by atoms with Crippen LogP contribution in [0.15, 0.2) is 36.4 Å². The maximum absolute atomic E-state index is 13.4. The van der Waals surface area contributed by atoms with Gasteiger partial charge in [0, 0.05) is 18.0 Å². The Bertz CT molecular complexity index is 948. The van der Waals surface area contributed by atoms with Gasteiger partial charge in [0.2, 0.25) is 5.91 Å². The highest BCUT2D eigenvalue weighted by molar-refractivity contribution is 5.97. The molecule has 2 saturated heterocycles. The highest BCUT2D eigenvalue weighted by Crippen LogP contribution is 2.21. The monoisotopic (exact) mass is 391 g/mol. The standard InChI is InChI=1S/C22H25N5O2/c23-14-18-5-3-13-26(18)21(28)15-27(17-9-11-24-12-10-17)22(29)20-8-7-16-4-1-2-6-19(16)25-20/h1-2,4,6-8,17-18,24H,3,5,9-13,15H2/t18-/m0/s1. The Balaban J connectivity index is 1.59. The minimum absolute atomic E-state index is 0.00378. The number of pyridine rings is 1. The molecule has 0 unspecified atom stereocenters. The van der Waals surface area contributed by atoms with E-state index in [4.69, 9.17) is 0 Å². The van der Waals surface area contributed by atoms with Gasteiger partial charge in [-0.05, 0) is 50.9 Å². The Hall–Kier alpha value is -2.98. The summed E-state index contributed by atoms with van der Waals surface area (Å²) < 4.78 is 0. The van der Waals surface area contributed by atoms with Crippen molar-refractivity contribution in [2.45, 2.75) is 37.8 Å². The van der Waals surface area contributed by atoms with Crippen LogP contribution >= 0.6 is 0 Å². The minimum Gasteiger partial charge on any atom is -0.325 e. The smallest absolute Gasteiger partial charge is 0.273 e. The zero-order valence-corrected chi connectivity index (χ0v) is 16.4. The maximum Gasteiger partial charge on any atom is 0.273 e. The van der Waals surface area contributed by atoms with Crippen LogP contribution in [-0.4, -0.2) is 64.9 Å². The molecular formula is C22H25N5O2. The van der Waals surface area contributed by atoms with Gasteiger partial charge in [-0.25, -0.2) is 4.98 Å². The second-order valence-electron chi connectivity index (χ2n) is 7.68. The number of aromatic nitrogens is 1. The van der Waals surface area contributed by atoms with E-state index in [0.717, 1.165) is 43.3 Å². The Morgan fingerprint density at radius 1 is 1.17 bits per heavy atom. The van der Waals surface area contributed by atoms with Crippen LogP contribution in [0.3, 0.4) is 0 Å². The van der Waals surface area contributed by atoms with E-state index in [2.05, 4.69) is 16.4 Å². The number of carbonyl (C=O) groups is 2. The number of piperidine rings is 1. The topological polar surface area (TPSA) is 89.3 Å². The van der Waals surface area contributed by atoms with Gasteiger partial charge < -0.3 is 15.1 Å². The van der Waals surface area contributed by atoms with Crippen molar-refractivity contribution >= 4 is 22.7 Å². The van der Waals surface area contributed by atoms with Gasteiger partial charge in [-0.2, -0.15) is 5.26 Å². The average Bonchev–Trinajstić information content (AvgIpc) is 3.26. The summed E-state index contributed by atoms with van der Waals surface area (Å²) in [6.07, 6.45) is 3.13. The first-order chi connectivity index (χ1) is 14.2. The Morgan fingerprint density at radius 3 is 2.76 bits per heavy atom. The first-order valence-electron chi connectivity index (χ1n) is 10.2. The third-order valence-electron chi connectivity index (χ3n) is 5.86. The number of para-hydroxylation sites is 1. The molecule has 0 bridgehead atoms. The van der Waals surface area contributed by atoms with Crippen LogP contribution in [0.5, 0.6) is 0 Å². The van der Waals surface area contributed by atoms with E-state index in [1.54, 1.807) is 15.9 Å².